The number of amides is 1. The van der Waals surface area contributed by atoms with E-state index in [4.69, 9.17) is 4.74 Å². The van der Waals surface area contributed by atoms with E-state index in [1.807, 2.05) is 37.3 Å². The Morgan fingerprint density at radius 3 is 2.75 bits per heavy atom. The van der Waals surface area contributed by atoms with Crippen LogP contribution in [0.15, 0.2) is 30.3 Å². The molecule has 1 amide bonds. The SMILES string of the molecule is C[C@H]1CN(C(=O)OCc2ccccc2)C[C@H]1C[N+](=O)[O-]. The van der Waals surface area contributed by atoms with E-state index < -0.39 is 6.09 Å². The Hall–Kier alpha value is -2.11. The van der Waals surface area contributed by atoms with Crippen LogP contribution < -0.4 is 0 Å². The highest BCUT2D eigenvalue weighted by molar-refractivity contribution is 5.68. The molecule has 0 radical (unpaired) electrons. The normalized spacial score (nSPS) is 21.8. The van der Waals surface area contributed by atoms with E-state index in [2.05, 4.69) is 0 Å². The van der Waals surface area contributed by atoms with Gasteiger partial charge in [0.2, 0.25) is 6.54 Å². The molecular weight excluding hydrogens is 260 g/mol. The Labute approximate surface area is 117 Å². The maximum Gasteiger partial charge on any atom is 0.410 e. The Morgan fingerprint density at radius 2 is 2.10 bits per heavy atom. The maximum atomic E-state index is 11.9. The molecule has 0 bridgehead atoms. The zero-order valence-electron chi connectivity index (χ0n) is 11.4. The summed E-state index contributed by atoms with van der Waals surface area (Å²) in [6.45, 7) is 2.98. The minimum Gasteiger partial charge on any atom is -0.445 e. The van der Waals surface area contributed by atoms with Gasteiger partial charge in [0.15, 0.2) is 0 Å². The molecule has 1 aliphatic rings. The monoisotopic (exact) mass is 278 g/mol. The van der Waals surface area contributed by atoms with Crippen molar-refractivity contribution in [3.8, 4) is 0 Å². The molecule has 6 heteroatoms. The summed E-state index contributed by atoms with van der Waals surface area (Å²) >= 11 is 0. The van der Waals surface area contributed by atoms with Crippen LogP contribution in [0.2, 0.25) is 0 Å². The molecule has 0 spiro atoms. The molecule has 1 heterocycles. The topological polar surface area (TPSA) is 72.7 Å². The highest BCUT2D eigenvalue weighted by Crippen LogP contribution is 2.23. The van der Waals surface area contributed by atoms with Crippen molar-refractivity contribution in [1.29, 1.82) is 0 Å². The lowest BCUT2D eigenvalue weighted by Gasteiger charge is -2.15. The van der Waals surface area contributed by atoms with Crippen molar-refractivity contribution in [1.82, 2.24) is 4.90 Å². The first kappa shape index (κ1) is 14.3. The predicted molar refractivity (Wildman–Crippen MR) is 72.7 cm³/mol. The van der Waals surface area contributed by atoms with Crippen LogP contribution in [0.4, 0.5) is 4.79 Å². The number of carbonyl (C=O) groups is 1. The van der Waals surface area contributed by atoms with Crippen molar-refractivity contribution in [3.63, 3.8) is 0 Å². The summed E-state index contributed by atoms with van der Waals surface area (Å²) in [7, 11) is 0. The van der Waals surface area contributed by atoms with Gasteiger partial charge in [0.1, 0.15) is 6.61 Å². The third kappa shape index (κ3) is 3.69. The molecule has 1 fully saturated rings. The number of hydrogen-bond acceptors (Lipinski definition) is 4. The minimum absolute atomic E-state index is 0.0886. The minimum atomic E-state index is -0.397. The van der Waals surface area contributed by atoms with Gasteiger partial charge in [0.05, 0.1) is 0 Å². The zero-order chi connectivity index (χ0) is 14.5. The van der Waals surface area contributed by atoms with Gasteiger partial charge >= 0.3 is 6.09 Å². The summed E-state index contributed by atoms with van der Waals surface area (Å²) in [6, 6.07) is 9.43. The first-order chi connectivity index (χ1) is 9.56. The molecule has 0 aromatic heterocycles. The second-order valence-corrected chi connectivity index (χ2v) is 5.20. The van der Waals surface area contributed by atoms with Gasteiger partial charge in [-0.05, 0) is 11.5 Å². The molecule has 2 atom stereocenters. The van der Waals surface area contributed by atoms with E-state index >= 15 is 0 Å². The predicted octanol–water partition coefficient (Wildman–Crippen LogP) is 2.17. The molecule has 1 aromatic carbocycles. The molecule has 0 unspecified atom stereocenters. The van der Waals surface area contributed by atoms with Crippen LogP contribution in [0.25, 0.3) is 0 Å². The summed E-state index contributed by atoms with van der Waals surface area (Å²) in [6.07, 6.45) is -0.397. The molecule has 108 valence electrons. The van der Waals surface area contributed by atoms with Crippen molar-refractivity contribution in [2.24, 2.45) is 11.8 Å². The van der Waals surface area contributed by atoms with Crippen LogP contribution in [-0.2, 0) is 11.3 Å². The van der Waals surface area contributed by atoms with E-state index in [1.54, 1.807) is 4.90 Å². The smallest absolute Gasteiger partial charge is 0.410 e. The highest BCUT2D eigenvalue weighted by atomic mass is 16.6. The van der Waals surface area contributed by atoms with E-state index in [0.717, 1.165) is 5.56 Å². The number of benzene rings is 1. The largest absolute Gasteiger partial charge is 0.445 e. The lowest BCUT2D eigenvalue weighted by Crippen LogP contribution is -2.30. The Bertz CT molecular complexity index is 477. The Balaban J connectivity index is 1.83. The second kappa shape index (κ2) is 6.36. The maximum absolute atomic E-state index is 11.9. The van der Waals surface area contributed by atoms with Crippen molar-refractivity contribution in [3.05, 3.63) is 46.0 Å². The summed E-state index contributed by atoms with van der Waals surface area (Å²) in [5, 5.41) is 10.6. The molecule has 0 N–H and O–H groups in total. The van der Waals surface area contributed by atoms with Crippen LogP contribution >= 0.6 is 0 Å². The first-order valence-corrected chi connectivity index (χ1v) is 6.63. The van der Waals surface area contributed by atoms with Crippen molar-refractivity contribution in [2.45, 2.75) is 13.5 Å². The highest BCUT2D eigenvalue weighted by Gasteiger charge is 2.36. The molecular formula is C14H18N2O4. The van der Waals surface area contributed by atoms with E-state index in [1.165, 1.54) is 0 Å². The van der Waals surface area contributed by atoms with E-state index in [9.17, 15) is 14.9 Å². The number of nitrogens with zero attached hydrogens (tertiary/aromatic N) is 2. The first-order valence-electron chi connectivity index (χ1n) is 6.63. The Kier molecular flexibility index (Phi) is 4.55. The van der Waals surface area contributed by atoms with Crippen molar-refractivity contribution >= 4 is 6.09 Å². The van der Waals surface area contributed by atoms with Crippen LogP contribution in [0, 0.1) is 22.0 Å². The number of carbonyl (C=O) groups excluding carboxylic acids is 1. The summed E-state index contributed by atoms with van der Waals surface area (Å²) in [4.78, 5) is 23.7. The van der Waals surface area contributed by atoms with Gasteiger partial charge in [-0.3, -0.25) is 10.1 Å². The lowest BCUT2D eigenvalue weighted by molar-refractivity contribution is -0.488. The third-order valence-corrected chi connectivity index (χ3v) is 3.61. The van der Waals surface area contributed by atoms with Crippen LogP contribution in [0.5, 0.6) is 0 Å². The van der Waals surface area contributed by atoms with Crippen LogP contribution in [0.1, 0.15) is 12.5 Å². The average Bonchev–Trinajstić information content (AvgIpc) is 2.78. The fourth-order valence-electron chi connectivity index (χ4n) is 2.42. The lowest BCUT2D eigenvalue weighted by atomic mass is 9.99. The van der Waals surface area contributed by atoms with Gasteiger partial charge in [0.25, 0.3) is 0 Å². The van der Waals surface area contributed by atoms with Gasteiger partial charge in [-0.1, -0.05) is 37.3 Å². The number of rotatable bonds is 4. The molecule has 0 saturated carbocycles. The molecule has 6 nitrogen and oxygen atoms in total. The number of ether oxygens (including phenoxy) is 1. The van der Waals surface area contributed by atoms with Gasteiger partial charge in [-0.15, -0.1) is 0 Å². The average molecular weight is 278 g/mol. The number of nitro groups is 1. The van der Waals surface area contributed by atoms with Gasteiger partial charge in [-0.2, -0.15) is 0 Å². The standard InChI is InChI=1S/C14H18N2O4/c1-11-7-15(8-13(11)9-16(18)19)14(17)20-10-12-5-3-2-4-6-12/h2-6,11,13H,7-10H2,1H3/t11-,13-/m0/s1. The molecule has 0 aliphatic carbocycles. The molecule has 1 aliphatic heterocycles. The summed E-state index contributed by atoms with van der Waals surface area (Å²) in [5.41, 5.74) is 0.926. The molecule has 2 rings (SSSR count). The summed E-state index contributed by atoms with van der Waals surface area (Å²) < 4.78 is 5.23. The second-order valence-electron chi connectivity index (χ2n) is 5.20. The van der Waals surface area contributed by atoms with E-state index in [-0.39, 0.29) is 29.9 Å². The van der Waals surface area contributed by atoms with Gasteiger partial charge in [0, 0.05) is 23.9 Å². The molecule has 20 heavy (non-hydrogen) atoms. The number of likely N-dealkylation sites (tertiary alicyclic amines) is 1. The van der Waals surface area contributed by atoms with Gasteiger partial charge < -0.3 is 9.64 Å². The van der Waals surface area contributed by atoms with E-state index in [0.29, 0.717) is 13.1 Å². The fraction of sp³-hybridized carbons (Fsp3) is 0.500. The van der Waals surface area contributed by atoms with Gasteiger partial charge in [-0.25, -0.2) is 4.79 Å². The van der Waals surface area contributed by atoms with Crippen LogP contribution in [0.3, 0.4) is 0 Å². The number of hydrogen-bond donors (Lipinski definition) is 0. The fourth-order valence-corrected chi connectivity index (χ4v) is 2.42. The Morgan fingerprint density at radius 1 is 1.40 bits per heavy atom. The molecule has 1 aromatic rings. The summed E-state index contributed by atoms with van der Waals surface area (Å²) in [5.74, 6) is 0.0407. The zero-order valence-corrected chi connectivity index (χ0v) is 11.4. The van der Waals surface area contributed by atoms with Crippen molar-refractivity contribution in [2.75, 3.05) is 19.6 Å². The molecule has 1 saturated heterocycles. The quantitative estimate of drug-likeness (QED) is 0.625. The van der Waals surface area contributed by atoms with Crippen molar-refractivity contribution < 1.29 is 14.5 Å². The third-order valence-electron chi connectivity index (χ3n) is 3.61. The van der Waals surface area contributed by atoms with Crippen LogP contribution in [-0.4, -0.2) is 35.6 Å².